The molecule has 0 aliphatic rings. The number of halogens is 1. The number of phenols is 1. The Kier molecular flexibility index (Phi) is 4.84. The molecule has 0 spiro atoms. The number of aryl methyl sites for hydroxylation is 2. The molecule has 1 aromatic carbocycles. The summed E-state index contributed by atoms with van der Waals surface area (Å²) in [5.41, 5.74) is 2.58. The Hall–Kier alpha value is -2.68. The minimum atomic E-state index is 0.0617. The van der Waals surface area contributed by atoms with Gasteiger partial charge in [-0.1, -0.05) is 0 Å². The van der Waals surface area contributed by atoms with Crippen molar-refractivity contribution in [2.45, 2.75) is 20.8 Å². The lowest BCUT2D eigenvalue weighted by Crippen LogP contribution is -2.06. The van der Waals surface area contributed by atoms with E-state index in [4.69, 9.17) is 4.74 Å². The van der Waals surface area contributed by atoms with Gasteiger partial charge in [-0.15, -0.1) is 10.2 Å². The first-order chi connectivity index (χ1) is 12.0. The highest BCUT2D eigenvalue weighted by molar-refractivity contribution is 9.10. The van der Waals surface area contributed by atoms with Gasteiger partial charge < -0.3 is 9.84 Å². The Balaban J connectivity index is 1.94. The number of aromatic nitrogens is 5. The fraction of sp³-hybridized carbons (Fsp3) is 0.250. The van der Waals surface area contributed by atoms with Crippen LogP contribution < -0.4 is 4.74 Å². The van der Waals surface area contributed by atoms with E-state index in [0.717, 1.165) is 17.0 Å². The standard InChI is InChI=1S/C16H17BrN6O2/c1-4-25-14-7-12(6-13(17)15(14)24)8-19-22-9-18-20-16(22)23-11(3)5-10(2)21-23/h5-9,24H,4H2,1-3H3/b19-8+. The molecule has 0 saturated carbocycles. The summed E-state index contributed by atoms with van der Waals surface area (Å²) in [6.07, 6.45) is 3.13. The summed E-state index contributed by atoms with van der Waals surface area (Å²) in [4.78, 5) is 0. The minimum Gasteiger partial charge on any atom is -0.503 e. The Morgan fingerprint density at radius 1 is 1.32 bits per heavy atom. The van der Waals surface area contributed by atoms with E-state index < -0.39 is 0 Å². The van der Waals surface area contributed by atoms with Gasteiger partial charge in [0.1, 0.15) is 6.33 Å². The van der Waals surface area contributed by atoms with Gasteiger partial charge in [-0.3, -0.25) is 0 Å². The molecule has 2 aromatic heterocycles. The van der Waals surface area contributed by atoms with E-state index in [9.17, 15) is 5.11 Å². The van der Waals surface area contributed by atoms with E-state index in [-0.39, 0.29) is 5.75 Å². The van der Waals surface area contributed by atoms with Crippen LogP contribution in [0.1, 0.15) is 23.9 Å². The molecule has 0 bridgehead atoms. The van der Waals surface area contributed by atoms with Gasteiger partial charge in [-0.25, -0.2) is 4.68 Å². The zero-order valence-electron chi connectivity index (χ0n) is 14.0. The topological polar surface area (TPSA) is 90.4 Å². The number of rotatable bonds is 5. The minimum absolute atomic E-state index is 0.0617. The number of aromatic hydroxyl groups is 1. The maximum Gasteiger partial charge on any atom is 0.273 e. The van der Waals surface area contributed by atoms with Crippen molar-refractivity contribution in [3.8, 4) is 17.4 Å². The number of hydrogen-bond donors (Lipinski definition) is 1. The van der Waals surface area contributed by atoms with Crippen molar-refractivity contribution in [1.82, 2.24) is 24.7 Å². The Morgan fingerprint density at radius 2 is 2.12 bits per heavy atom. The second kappa shape index (κ2) is 7.06. The van der Waals surface area contributed by atoms with E-state index in [1.54, 1.807) is 23.0 Å². The summed E-state index contributed by atoms with van der Waals surface area (Å²) >= 11 is 3.31. The second-order valence-corrected chi connectivity index (χ2v) is 6.20. The van der Waals surface area contributed by atoms with E-state index in [0.29, 0.717) is 22.8 Å². The molecule has 25 heavy (non-hydrogen) atoms. The van der Waals surface area contributed by atoms with E-state index in [1.807, 2.05) is 26.8 Å². The lowest BCUT2D eigenvalue weighted by Gasteiger charge is -2.08. The van der Waals surface area contributed by atoms with Crippen LogP contribution in [0, 0.1) is 13.8 Å². The molecule has 0 saturated heterocycles. The third-order valence-electron chi connectivity index (χ3n) is 3.39. The van der Waals surface area contributed by atoms with E-state index in [2.05, 4.69) is 36.3 Å². The van der Waals surface area contributed by atoms with Gasteiger partial charge in [0.15, 0.2) is 11.5 Å². The lowest BCUT2D eigenvalue weighted by atomic mass is 10.2. The van der Waals surface area contributed by atoms with Crippen LogP contribution in [-0.2, 0) is 0 Å². The van der Waals surface area contributed by atoms with Gasteiger partial charge in [-0.05, 0) is 60.5 Å². The smallest absolute Gasteiger partial charge is 0.273 e. The van der Waals surface area contributed by atoms with Crippen LogP contribution >= 0.6 is 15.9 Å². The SMILES string of the molecule is CCOc1cc(/C=N/n2cnnc2-n2nc(C)cc2C)cc(Br)c1O. The lowest BCUT2D eigenvalue weighted by molar-refractivity contribution is 0.317. The third kappa shape index (κ3) is 3.55. The maximum atomic E-state index is 9.98. The molecule has 8 nitrogen and oxygen atoms in total. The highest BCUT2D eigenvalue weighted by atomic mass is 79.9. The number of benzene rings is 1. The van der Waals surface area contributed by atoms with Crippen LogP contribution in [-0.4, -0.2) is 42.6 Å². The van der Waals surface area contributed by atoms with Gasteiger partial charge in [0.05, 0.1) is 23.0 Å². The monoisotopic (exact) mass is 404 g/mol. The first kappa shape index (κ1) is 17.2. The predicted molar refractivity (Wildman–Crippen MR) is 96.6 cm³/mol. The highest BCUT2D eigenvalue weighted by Crippen LogP contribution is 2.35. The molecule has 9 heteroatoms. The highest BCUT2D eigenvalue weighted by Gasteiger charge is 2.11. The normalized spacial score (nSPS) is 11.4. The molecular weight excluding hydrogens is 388 g/mol. The molecule has 130 valence electrons. The molecule has 2 heterocycles. The molecule has 0 unspecified atom stereocenters. The Morgan fingerprint density at radius 3 is 2.80 bits per heavy atom. The quantitative estimate of drug-likeness (QED) is 0.660. The summed E-state index contributed by atoms with van der Waals surface area (Å²) < 4.78 is 9.16. The van der Waals surface area contributed by atoms with Crippen LogP contribution in [0.5, 0.6) is 11.5 Å². The third-order valence-corrected chi connectivity index (χ3v) is 4.00. The average Bonchev–Trinajstić information content (AvgIpc) is 3.15. The predicted octanol–water partition coefficient (Wildman–Crippen LogP) is 2.83. The molecule has 0 fully saturated rings. The number of hydrogen-bond acceptors (Lipinski definition) is 6. The van der Waals surface area contributed by atoms with Gasteiger partial charge in [0, 0.05) is 5.69 Å². The molecule has 0 radical (unpaired) electrons. The van der Waals surface area contributed by atoms with Crippen LogP contribution in [0.25, 0.3) is 5.95 Å². The fourth-order valence-electron chi connectivity index (χ4n) is 2.34. The number of phenolic OH excluding ortho intramolecular Hbond substituents is 1. The molecule has 0 amide bonds. The maximum absolute atomic E-state index is 9.98. The summed E-state index contributed by atoms with van der Waals surface area (Å²) in [5, 5.41) is 26.7. The van der Waals surface area contributed by atoms with Gasteiger partial charge in [-0.2, -0.15) is 14.9 Å². The zero-order chi connectivity index (χ0) is 18.0. The molecule has 0 atom stereocenters. The first-order valence-corrected chi connectivity index (χ1v) is 8.42. The van der Waals surface area contributed by atoms with Gasteiger partial charge >= 0.3 is 0 Å². The number of ether oxygens (including phenoxy) is 1. The largest absolute Gasteiger partial charge is 0.503 e. The average molecular weight is 405 g/mol. The van der Waals surface area contributed by atoms with Gasteiger partial charge in [0.25, 0.3) is 5.95 Å². The van der Waals surface area contributed by atoms with Crippen molar-refractivity contribution in [2.75, 3.05) is 6.61 Å². The molecule has 1 N–H and O–H groups in total. The van der Waals surface area contributed by atoms with Crippen LogP contribution in [0.3, 0.4) is 0 Å². The van der Waals surface area contributed by atoms with Crippen LogP contribution in [0.15, 0.2) is 34.1 Å². The Labute approximate surface area is 152 Å². The Bertz CT molecular complexity index is 931. The van der Waals surface area contributed by atoms with Gasteiger partial charge in [0.2, 0.25) is 0 Å². The molecule has 0 aliphatic carbocycles. The van der Waals surface area contributed by atoms with Crippen LogP contribution in [0.4, 0.5) is 0 Å². The summed E-state index contributed by atoms with van der Waals surface area (Å²) in [6.45, 7) is 6.16. The summed E-state index contributed by atoms with van der Waals surface area (Å²) in [6, 6.07) is 5.41. The number of nitrogens with zero attached hydrogens (tertiary/aromatic N) is 6. The molecule has 0 aliphatic heterocycles. The summed E-state index contributed by atoms with van der Waals surface area (Å²) in [7, 11) is 0. The van der Waals surface area contributed by atoms with Crippen LogP contribution in [0.2, 0.25) is 0 Å². The van der Waals surface area contributed by atoms with Crippen molar-refractivity contribution in [3.05, 3.63) is 46.0 Å². The fourth-order valence-corrected chi connectivity index (χ4v) is 2.80. The van der Waals surface area contributed by atoms with Crippen molar-refractivity contribution in [1.29, 1.82) is 0 Å². The molecule has 3 rings (SSSR count). The molecular formula is C16H17BrN6O2. The van der Waals surface area contributed by atoms with Crippen molar-refractivity contribution in [2.24, 2.45) is 5.10 Å². The molecule has 3 aromatic rings. The van der Waals surface area contributed by atoms with E-state index in [1.165, 1.54) is 11.0 Å². The van der Waals surface area contributed by atoms with E-state index >= 15 is 0 Å². The van der Waals surface area contributed by atoms with Crippen molar-refractivity contribution >= 4 is 22.1 Å². The van der Waals surface area contributed by atoms with Crippen molar-refractivity contribution < 1.29 is 9.84 Å². The first-order valence-electron chi connectivity index (χ1n) is 7.63. The van der Waals surface area contributed by atoms with Crippen molar-refractivity contribution in [3.63, 3.8) is 0 Å². The zero-order valence-corrected chi connectivity index (χ0v) is 15.6. The summed E-state index contributed by atoms with van der Waals surface area (Å²) in [5.74, 6) is 0.942. The second-order valence-electron chi connectivity index (χ2n) is 5.34.